The molecular formula is C13H19ClFNO. The molecule has 0 saturated heterocycles. The van der Waals surface area contributed by atoms with Gasteiger partial charge in [0, 0.05) is 29.6 Å². The van der Waals surface area contributed by atoms with E-state index in [1.54, 1.807) is 19.1 Å². The fourth-order valence-electron chi connectivity index (χ4n) is 1.57. The van der Waals surface area contributed by atoms with Crippen LogP contribution in [0, 0.1) is 5.82 Å². The summed E-state index contributed by atoms with van der Waals surface area (Å²) in [6.45, 7) is 6.05. The molecule has 0 aliphatic heterocycles. The quantitative estimate of drug-likeness (QED) is 0.852. The van der Waals surface area contributed by atoms with E-state index in [1.807, 2.05) is 13.8 Å². The molecule has 0 fully saturated rings. The predicted molar refractivity (Wildman–Crippen MR) is 68.9 cm³/mol. The maximum atomic E-state index is 13.6. The Balaban J connectivity index is 2.75. The van der Waals surface area contributed by atoms with Crippen molar-refractivity contribution in [2.75, 3.05) is 6.54 Å². The Kier molecular flexibility index (Phi) is 4.92. The van der Waals surface area contributed by atoms with Crippen LogP contribution in [0.3, 0.4) is 0 Å². The minimum atomic E-state index is -1.02. The van der Waals surface area contributed by atoms with Gasteiger partial charge in [-0.3, -0.25) is 0 Å². The molecular weight excluding hydrogens is 241 g/mol. The lowest BCUT2D eigenvalue weighted by atomic mass is 9.96. The highest BCUT2D eigenvalue weighted by Gasteiger charge is 2.24. The standard InChI is InChI=1S/C13H19ClFNO/c1-9(2)16-8-13(3,17)7-10-11(14)5-4-6-12(10)15/h4-6,9,16-17H,7-8H2,1-3H3. The Morgan fingerprint density at radius 1 is 1.47 bits per heavy atom. The van der Waals surface area contributed by atoms with E-state index in [-0.39, 0.29) is 18.3 Å². The van der Waals surface area contributed by atoms with Gasteiger partial charge in [0.1, 0.15) is 5.82 Å². The van der Waals surface area contributed by atoms with Gasteiger partial charge in [-0.15, -0.1) is 0 Å². The van der Waals surface area contributed by atoms with Crippen molar-refractivity contribution in [2.24, 2.45) is 0 Å². The summed E-state index contributed by atoms with van der Waals surface area (Å²) in [5.74, 6) is -0.373. The summed E-state index contributed by atoms with van der Waals surface area (Å²) in [5.41, 5.74) is -0.652. The third-order valence-corrected chi connectivity index (χ3v) is 2.86. The number of aliphatic hydroxyl groups is 1. The topological polar surface area (TPSA) is 32.3 Å². The van der Waals surface area contributed by atoms with Crippen molar-refractivity contribution >= 4 is 11.6 Å². The highest BCUT2D eigenvalue weighted by atomic mass is 35.5. The second-order valence-electron chi connectivity index (χ2n) is 4.91. The molecule has 4 heteroatoms. The van der Waals surface area contributed by atoms with Crippen LogP contribution in [0.1, 0.15) is 26.3 Å². The fourth-order valence-corrected chi connectivity index (χ4v) is 1.80. The number of hydrogen-bond donors (Lipinski definition) is 2. The Labute approximate surface area is 107 Å². The van der Waals surface area contributed by atoms with Crippen molar-refractivity contribution in [2.45, 2.75) is 38.8 Å². The Morgan fingerprint density at radius 3 is 2.65 bits per heavy atom. The van der Waals surface area contributed by atoms with Gasteiger partial charge in [0.15, 0.2) is 0 Å². The van der Waals surface area contributed by atoms with Gasteiger partial charge in [0.05, 0.1) is 5.60 Å². The average molecular weight is 260 g/mol. The molecule has 0 aliphatic carbocycles. The van der Waals surface area contributed by atoms with E-state index in [1.165, 1.54) is 6.07 Å². The third kappa shape index (κ3) is 4.62. The molecule has 1 aromatic carbocycles. The van der Waals surface area contributed by atoms with Crippen molar-refractivity contribution in [1.82, 2.24) is 5.32 Å². The van der Waals surface area contributed by atoms with E-state index in [2.05, 4.69) is 5.32 Å². The van der Waals surface area contributed by atoms with Gasteiger partial charge in [-0.1, -0.05) is 31.5 Å². The zero-order valence-electron chi connectivity index (χ0n) is 10.4. The Bertz CT molecular complexity index is 359. The molecule has 1 rings (SSSR count). The zero-order chi connectivity index (χ0) is 13.1. The van der Waals surface area contributed by atoms with E-state index in [9.17, 15) is 9.50 Å². The van der Waals surface area contributed by atoms with Crippen molar-refractivity contribution < 1.29 is 9.50 Å². The van der Waals surface area contributed by atoms with Crippen molar-refractivity contribution in [1.29, 1.82) is 0 Å². The first-order valence-corrected chi connectivity index (χ1v) is 6.08. The van der Waals surface area contributed by atoms with Crippen LogP contribution in [0.25, 0.3) is 0 Å². The van der Waals surface area contributed by atoms with E-state index >= 15 is 0 Å². The summed E-state index contributed by atoms with van der Waals surface area (Å²) < 4.78 is 13.6. The van der Waals surface area contributed by atoms with Gasteiger partial charge in [-0.2, -0.15) is 0 Å². The predicted octanol–water partition coefficient (Wildman–Crippen LogP) is 2.77. The molecule has 1 aromatic rings. The van der Waals surface area contributed by atoms with E-state index < -0.39 is 5.60 Å². The molecule has 0 aromatic heterocycles. The molecule has 2 N–H and O–H groups in total. The van der Waals surface area contributed by atoms with E-state index in [0.717, 1.165) is 0 Å². The van der Waals surface area contributed by atoms with Crippen molar-refractivity contribution in [3.05, 3.63) is 34.6 Å². The van der Waals surface area contributed by atoms with Gasteiger partial charge in [-0.05, 0) is 19.1 Å². The fraction of sp³-hybridized carbons (Fsp3) is 0.538. The Hall–Kier alpha value is -0.640. The molecule has 0 radical (unpaired) electrons. The van der Waals surface area contributed by atoms with Crippen LogP contribution in [0.4, 0.5) is 4.39 Å². The summed E-state index contributed by atoms with van der Waals surface area (Å²) in [6, 6.07) is 4.82. The molecule has 0 bridgehead atoms. The van der Waals surface area contributed by atoms with Crippen LogP contribution in [-0.4, -0.2) is 23.3 Å². The van der Waals surface area contributed by atoms with Gasteiger partial charge >= 0.3 is 0 Å². The van der Waals surface area contributed by atoms with E-state index in [0.29, 0.717) is 17.1 Å². The molecule has 96 valence electrons. The molecule has 0 spiro atoms. The SMILES string of the molecule is CC(C)NCC(C)(O)Cc1c(F)cccc1Cl. The summed E-state index contributed by atoms with van der Waals surface area (Å²) in [5, 5.41) is 13.7. The van der Waals surface area contributed by atoms with Gasteiger partial charge < -0.3 is 10.4 Å². The van der Waals surface area contributed by atoms with Crippen molar-refractivity contribution in [3.63, 3.8) is 0 Å². The number of nitrogens with one attached hydrogen (secondary N) is 1. The molecule has 0 heterocycles. The average Bonchev–Trinajstić information content (AvgIpc) is 2.21. The number of halogens is 2. The Morgan fingerprint density at radius 2 is 2.12 bits per heavy atom. The van der Waals surface area contributed by atoms with Crippen LogP contribution >= 0.6 is 11.6 Å². The molecule has 0 amide bonds. The molecule has 1 unspecified atom stereocenters. The lowest BCUT2D eigenvalue weighted by Crippen LogP contribution is -2.42. The maximum absolute atomic E-state index is 13.6. The first-order valence-electron chi connectivity index (χ1n) is 5.70. The maximum Gasteiger partial charge on any atom is 0.127 e. The summed E-state index contributed by atoms with van der Waals surface area (Å²) >= 11 is 5.93. The summed E-state index contributed by atoms with van der Waals surface area (Å²) in [6.07, 6.45) is 0.193. The van der Waals surface area contributed by atoms with Crippen molar-refractivity contribution in [3.8, 4) is 0 Å². The van der Waals surface area contributed by atoms with Gasteiger partial charge in [0.25, 0.3) is 0 Å². The van der Waals surface area contributed by atoms with Gasteiger partial charge in [0.2, 0.25) is 0 Å². The monoisotopic (exact) mass is 259 g/mol. The number of hydrogen-bond acceptors (Lipinski definition) is 2. The molecule has 17 heavy (non-hydrogen) atoms. The van der Waals surface area contributed by atoms with Crippen LogP contribution in [0.5, 0.6) is 0 Å². The van der Waals surface area contributed by atoms with E-state index in [4.69, 9.17) is 11.6 Å². The minimum Gasteiger partial charge on any atom is -0.389 e. The zero-order valence-corrected chi connectivity index (χ0v) is 11.2. The molecule has 1 atom stereocenters. The van der Waals surface area contributed by atoms with Crippen LogP contribution in [0.15, 0.2) is 18.2 Å². The van der Waals surface area contributed by atoms with Crippen LogP contribution < -0.4 is 5.32 Å². The number of benzene rings is 1. The normalized spacial score (nSPS) is 15.0. The van der Waals surface area contributed by atoms with Gasteiger partial charge in [-0.25, -0.2) is 4.39 Å². The lowest BCUT2D eigenvalue weighted by molar-refractivity contribution is 0.0573. The smallest absolute Gasteiger partial charge is 0.127 e. The highest BCUT2D eigenvalue weighted by Crippen LogP contribution is 2.23. The largest absolute Gasteiger partial charge is 0.389 e. The first-order chi connectivity index (χ1) is 7.82. The third-order valence-electron chi connectivity index (χ3n) is 2.51. The molecule has 2 nitrogen and oxygen atoms in total. The minimum absolute atomic E-state index is 0.193. The summed E-state index contributed by atoms with van der Waals surface area (Å²) in [7, 11) is 0. The second kappa shape index (κ2) is 5.80. The highest BCUT2D eigenvalue weighted by molar-refractivity contribution is 6.31. The number of rotatable bonds is 5. The summed E-state index contributed by atoms with van der Waals surface area (Å²) in [4.78, 5) is 0. The molecule has 0 aliphatic rings. The first kappa shape index (κ1) is 14.4. The van der Waals surface area contributed by atoms with Crippen LogP contribution in [0.2, 0.25) is 5.02 Å². The van der Waals surface area contributed by atoms with Crippen LogP contribution in [-0.2, 0) is 6.42 Å². The lowest BCUT2D eigenvalue weighted by Gasteiger charge is -2.25. The second-order valence-corrected chi connectivity index (χ2v) is 5.32. The molecule has 0 saturated carbocycles.